The maximum absolute atomic E-state index is 15.0. The normalized spacial score (nSPS) is 17.6. The Labute approximate surface area is 283 Å². The Kier molecular flexibility index (Phi) is 11.3. The molecule has 3 unspecified atom stereocenters. The van der Waals surface area contributed by atoms with E-state index in [-0.39, 0.29) is 17.7 Å². The third-order valence-electron chi connectivity index (χ3n) is 9.94. The van der Waals surface area contributed by atoms with Gasteiger partial charge in [0.25, 0.3) is 0 Å². The lowest BCUT2D eigenvalue weighted by molar-refractivity contribution is 0.112. The third kappa shape index (κ3) is 8.02. The molecule has 0 aromatic heterocycles. The molecule has 2 aliphatic rings. The number of likely N-dealkylation sites (tertiary alicyclic amines) is 2. The zero-order valence-electron chi connectivity index (χ0n) is 28.8. The van der Waals surface area contributed by atoms with Crippen LogP contribution in [0.1, 0.15) is 87.6 Å². The van der Waals surface area contributed by atoms with Crippen LogP contribution in [0.15, 0.2) is 73.3 Å². The number of nitrogens with zero attached hydrogens (tertiary/aromatic N) is 3. The van der Waals surface area contributed by atoms with Gasteiger partial charge in [-0.1, -0.05) is 64.5 Å². The van der Waals surface area contributed by atoms with Crippen LogP contribution in [0.2, 0.25) is 0 Å². The summed E-state index contributed by atoms with van der Waals surface area (Å²) in [5, 5.41) is 11.6. The molecule has 5 rings (SSSR count). The fourth-order valence-corrected chi connectivity index (χ4v) is 7.62. The fraction of sp³-hybridized carbons (Fsp3) is 0.462. The van der Waals surface area contributed by atoms with Crippen LogP contribution < -0.4 is 15.8 Å². The van der Waals surface area contributed by atoms with E-state index in [1.807, 2.05) is 60.9 Å². The number of aromatic hydroxyl groups is 1. The first-order valence-electron chi connectivity index (χ1n) is 17.2. The summed E-state index contributed by atoms with van der Waals surface area (Å²) in [5.74, 6) is 0.756. The van der Waals surface area contributed by atoms with Crippen molar-refractivity contribution < 1.29 is 14.6 Å². The fourth-order valence-electron chi connectivity index (χ4n) is 7.12. The number of hydrogen-bond donors (Lipinski definition) is 2. The van der Waals surface area contributed by atoms with Crippen LogP contribution in [-0.2, 0) is 5.54 Å². The quantitative estimate of drug-likeness (QED) is 0.210. The van der Waals surface area contributed by atoms with E-state index >= 15 is 4.79 Å². The van der Waals surface area contributed by atoms with Crippen molar-refractivity contribution in [1.82, 2.24) is 14.7 Å². The Morgan fingerprint density at radius 3 is 2.21 bits per heavy atom. The van der Waals surface area contributed by atoms with Gasteiger partial charge in [0.05, 0.1) is 12.6 Å². The van der Waals surface area contributed by atoms with Gasteiger partial charge in [-0.25, -0.2) is 4.79 Å². The Balaban J connectivity index is 1.60. The van der Waals surface area contributed by atoms with Gasteiger partial charge >= 0.3 is 6.03 Å². The summed E-state index contributed by atoms with van der Waals surface area (Å²) in [7, 11) is 0.710. The molecule has 0 radical (unpaired) electrons. The first-order valence-corrected chi connectivity index (χ1v) is 18.7. The zero-order chi connectivity index (χ0) is 33.7. The molecule has 3 aromatic rings. The van der Waals surface area contributed by atoms with Crippen molar-refractivity contribution in [3.05, 3.63) is 95.6 Å². The van der Waals surface area contributed by atoms with E-state index < -0.39 is 11.6 Å². The lowest BCUT2D eigenvalue weighted by atomic mass is 9.86. The molecule has 3 atom stereocenters. The van der Waals surface area contributed by atoms with Crippen molar-refractivity contribution in [3.63, 3.8) is 0 Å². The van der Waals surface area contributed by atoms with Gasteiger partial charge in [-0.2, -0.15) is 0 Å². The highest BCUT2D eigenvalue weighted by molar-refractivity contribution is 7.46. The monoisotopic (exact) mass is 656 g/mol. The number of hydrogen-bond acceptors (Lipinski definition) is 5. The van der Waals surface area contributed by atoms with Gasteiger partial charge in [0.1, 0.15) is 11.5 Å². The van der Waals surface area contributed by atoms with Gasteiger partial charge in [0.2, 0.25) is 0 Å². The summed E-state index contributed by atoms with van der Waals surface area (Å²) in [6, 6.07) is 22.0. The van der Waals surface area contributed by atoms with Crippen LogP contribution in [0.25, 0.3) is 5.70 Å². The number of carbonyl (C=O) groups excluding carboxylic acids is 1. The number of phenols is 1. The van der Waals surface area contributed by atoms with Gasteiger partial charge in [0.15, 0.2) is 0 Å². The minimum atomic E-state index is -0.560. The Morgan fingerprint density at radius 1 is 1.02 bits per heavy atom. The van der Waals surface area contributed by atoms with Crippen molar-refractivity contribution in [1.29, 1.82) is 0 Å². The molecule has 8 heteroatoms. The molecule has 2 amide bonds. The number of amides is 2. The van der Waals surface area contributed by atoms with Gasteiger partial charge in [-0.05, 0) is 112 Å². The summed E-state index contributed by atoms with van der Waals surface area (Å²) in [4.78, 5) is 21.5. The van der Waals surface area contributed by atoms with Gasteiger partial charge in [0, 0.05) is 41.8 Å². The van der Waals surface area contributed by atoms with E-state index in [0.717, 1.165) is 48.2 Å². The van der Waals surface area contributed by atoms with Crippen molar-refractivity contribution >= 4 is 25.6 Å². The first-order chi connectivity index (χ1) is 22.5. The van der Waals surface area contributed by atoms with Crippen molar-refractivity contribution in [2.75, 3.05) is 39.5 Å². The SMILES string of the molecule is C=C(c1ccc(C(C)(C)N)cc1OCC)N(C(=O)N1CCC(N2CCCC2)CC1)C(c1ccc(O)cc1)C(C)c1ccc(PC)cc1. The van der Waals surface area contributed by atoms with E-state index in [9.17, 15) is 5.11 Å². The van der Waals surface area contributed by atoms with Crippen LogP contribution in [-0.4, -0.2) is 71.3 Å². The van der Waals surface area contributed by atoms with Crippen LogP contribution in [0.5, 0.6) is 11.5 Å². The second-order valence-corrected chi connectivity index (χ2v) is 14.7. The molecule has 2 fully saturated rings. The number of carbonyl (C=O) groups is 1. The van der Waals surface area contributed by atoms with Crippen molar-refractivity contribution in [3.8, 4) is 11.5 Å². The molecule has 3 aromatic carbocycles. The summed E-state index contributed by atoms with van der Waals surface area (Å²) in [6.07, 6.45) is 4.46. The third-order valence-corrected chi connectivity index (χ3v) is 10.8. The Morgan fingerprint density at radius 2 is 1.64 bits per heavy atom. The average molecular weight is 657 g/mol. The van der Waals surface area contributed by atoms with E-state index in [1.54, 1.807) is 12.1 Å². The molecule has 47 heavy (non-hydrogen) atoms. The van der Waals surface area contributed by atoms with E-state index in [2.05, 4.69) is 49.3 Å². The van der Waals surface area contributed by atoms with E-state index in [1.165, 1.54) is 18.1 Å². The summed E-state index contributed by atoms with van der Waals surface area (Å²) < 4.78 is 6.21. The molecular formula is C39H53N4O3P. The Bertz CT molecular complexity index is 1500. The standard InChI is InChI=1S/C39H53N4O3P/c1-7-46-36-26-31(39(4,5)40)14-19-35(36)28(3)43(38(45)42-24-20-32(21-25-42)41-22-8-9-23-41)37(30-10-15-33(44)16-11-30)27(2)29-12-17-34(47-6)18-13-29/h10-19,26-27,32,37,44,47H,3,7-9,20-25,40H2,1-2,4-6H3. The molecule has 2 heterocycles. The molecule has 0 bridgehead atoms. The van der Waals surface area contributed by atoms with Gasteiger partial charge in [-0.3, -0.25) is 4.90 Å². The molecule has 252 valence electrons. The highest BCUT2D eigenvalue weighted by atomic mass is 31.1. The number of phenolic OH excluding ortho intramolecular Hbond substituents is 1. The maximum atomic E-state index is 15.0. The van der Waals surface area contributed by atoms with Gasteiger partial charge in [-0.15, -0.1) is 0 Å². The lowest BCUT2D eigenvalue weighted by Gasteiger charge is -2.43. The van der Waals surface area contributed by atoms with Crippen LogP contribution in [0.3, 0.4) is 0 Å². The van der Waals surface area contributed by atoms with Crippen LogP contribution in [0.4, 0.5) is 4.79 Å². The molecule has 0 saturated carbocycles. The minimum Gasteiger partial charge on any atom is -0.508 e. The molecule has 7 nitrogen and oxygen atoms in total. The lowest BCUT2D eigenvalue weighted by Crippen LogP contribution is -2.51. The largest absolute Gasteiger partial charge is 0.508 e. The van der Waals surface area contributed by atoms with Gasteiger partial charge < -0.3 is 25.4 Å². The van der Waals surface area contributed by atoms with Crippen molar-refractivity contribution in [2.24, 2.45) is 5.73 Å². The van der Waals surface area contributed by atoms with Crippen molar-refractivity contribution in [2.45, 2.75) is 76.9 Å². The van der Waals surface area contributed by atoms with E-state index in [0.29, 0.717) is 45.8 Å². The molecular weight excluding hydrogens is 603 g/mol. The number of benzene rings is 3. The molecule has 2 aliphatic heterocycles. The number of nitrogens with two attached hydrogens (primary N) is 1. The number of rotatable bonds is 11. The average Bonchev–Trinajstić information content (AvgIpc) is 3.62. The topological polar surface area (TPSA) is 82.3 Å². The second kappa shape index (κ2) is 15.2. The van der Waals surface area contributed by atoms with Crippen LogP contribution >= 0.6 is 8.58 Å². The predicted molar refractivity (Wildman–Crippen MR) is 196 cm³/mol. The predicted octanol–water partition coefficient (Wildman–Crippen LogP) is 7.42. The highest BCUT2D eigenvalue weighted by Crippen LogP contribution is 2.43. The molecule has 2 saturated heterocycles. The highest BCUT2D eigenvalue weighted by Gasteiger charge is 2.38. The Hall–Kier alpha value is -3.38. The minimum absolute atomic E-state index is 0.0582. The maximum Gasteiger partial charge on any atom is 0.325 e. The second-order valence-electron chi connectivity index (χ2n) is 13.6. The number of piperidine rings is 1. The summed E-state index contributed by atoms with van der Waals surface area (Å²) in [5.41, 5.74) is 10.3. The first kappa shape index (κ1) is 34.9. The van der Waals surface area contributed by atoms with Crippen LogP contribution in [0, 0.1) is 0 Å². The summed E-state index contributed by atoms with van der Waals surface area (Å²) >= 11 is 0. The summed E-state index contributed by atoms with van der Waals surface area (Å²) in [6.45, 7) is 19.1. The molecule has 0 aliphatic carbocycles. The smallest absolute Gasteiger partial charge is 0.325 e. The van der Waals surface area contributed by atoms with E-state index in [4.69, 9.17) is 10.5 Å². The molecule has 3 N–H and O–H groups in total. The number of ether oxygens (including phenoxy) is 1. The zero-order valence-corrected chi connectivity index (χ0v) is 29.8. The number of urea groups is 1. The molecule has 0 spiro atoms.